The number of nitrogens with zero attached hydrogens (tertiary/aromatic N) is 3. The van der Waals surface area contributed by atoms with Crippen LogP contribution >= 0.6 is 0 Å². The van der Waals surface area contributed by atoms with Crippen molar-refractivity contribution in [2.24, 2.45) is 7.05 Å². The number of benzene rings is 2. The number of pyridine rings is 1. The number of aryl methyl sites for hydroxylation is 1. The van der Waals surface area contributed by atoms with Crippen LogP contribution in [-0.2, 0) is 22.8 Å². The SMILES string of the molecule is Cn1c(=O)c(-c2ccc(NS(=O)(=O)Cc3ccccc3)c(F)c2F)cc2cnc(N[C@H]3CCCNC3)nc21. The van der Waals surface area contributed by atoms with Gasteiger partial charge in [-0.15, -0.1) is 0 Å². The molecule has 198 valence electrons. The molecular weight excluding hydrogens is 514 g/mol. The average Bonchev–Trinajstić information content (AvgIpc) is 2.90. The van der Waals surface area contributed by atoms with Crippen LogP contribution in [0.1, 0.15) is 18.4 Å². The van der Waals surface area contributed by atoms with Gasteiger partial charge in [0.15, 0.2) is 11.6 Å². The minimum absolute atomic E-state index is 0.101. The quantitative estimate of drug-likeness (QED) is 0.329. The van der Waals surface area contributed by atoms with Gasteiger partial charge in [0.25, 0.3) is 5.56 Å². The van der Waals surface area contributed by atoms with Crippen molar-refractivity contribution in [3.63, 3.8) is 0 Å². The Balaban J connectivity index is 1.44. The standard InChI is InChI=1S/C26H26F2N6O3S/c1-34-24-17(13-30-26(32-24)31-18-8-5-11-29-14-18)12-20(25(34)35)19-9-10-21(23(28)22(19)27)33-38(36,37)15-16-6-3-2-4-7-16/h2-4,6-7,9-10,12-13,18,29,33H,5,8,11,14-15H2,1H3,(H,30,31,32)/t18-/m0/s1. The topological polar surface area (TPSA) is 118 Å². The lowest BCUT2D eigenvalue weighted by Crippen LogP contribution is -2.38. The first-order valence-corrected chi connectivity index (χ1v) is 13.7. The van der Waals surface area contributed by atoms with Gasteiger partial charge in [0.1, 0.15) is 5.65 Å². The lowest BCUT2D eigenvalue weighted by Gasteiger charge is -2.23. The molecule has 2 aromatic carbocycles. The third kappa shape index (κ3) is 5.36. The van der Waals surface area contributed by atoms with Crippen molar-refractivity contribution in [3.8, 4) is 11.1 Å². The van der Waals surface area contributed by atoms with Gasteiger partial charge in [-0.25, -0.2) is 22.2 Å². The summed E-state index contributed by atoms with van der Waals surface area (Å²) in [4.78, 5) is 21.9. The monoisotopic (exact) mass is 540 g/mol. The predicted octanol–water partition coefficient (Wildman–Crippen LogP) is 3.38. The maximum Gasteiger partial charge on any atom is 0.259 e. The van der Waals surface area contributed by atoms with Crippen LogP contribution in [0.25, 0.3) is 22.2 Å². The van der Waals surface area contributed by atoms with E-state index < -0.39 is 38.7 Å². The van der Waals surface area contributed by atoms with E-state index in [2.05, 4.69) is 25.3 Å². The van der Waals surface area contributed by atoms with E-state index in [0.29, 0.717) is 22.5 Å². The van der Waals surface area contributed by atoms with Gasteiger partial charge >= 0.3 is 0 Å². The molecular formula is C26H26F2N6O3S. The lowest BCUT2D eigenvalue weighted by atomic mass is 10.0. The molecule has 0 saturated carbocycles. The molecule has 3 N–H and O–H groups in total. The maximum absolute atomic E-state index is 15.2. The maximum atomic E-state index is 15.2. The van der Waals surface area contributed by atoms with E-state index >= 15 is 4.39 Å². The summed E-state index contributed by atoms with van der Waals surface area (Å²) >= 11 is 0. The summed E-state index contributed by atoms with van der Waals surface area (Å²) in [6, 6.07) is 12.2. The highest BCUT2D eigenvalue weighted by Crippen LogP contribution is 2.29. The van der Waals surface area contributed by atoms with Gasteiger partial charge in [0.2, 0.25) is 16.0 Å². The molecule has 1 atom stereocenters. The van der Waals surface area contributed by atoms with Crippen molar-refractivity contribution in [3.05, 3.63) is 82.3 Å². The van der Waals surface area contributed by atoms with E-state index in [1.807, 2.05) is 0 Å². The molecule has 0 aliphatic carbocycles. The van der Waals surface area contributed by atoms with Crippen LogP contribution in [0.15, 0.2) is 59.5 Å². The van der Waals surface area contributed by atoms with E-state index in [-0.39, 0.29) is 17.2 Å². The highest BCUT2D eigenvalue weighted by Gasteiger charge is 2.22. The number of fused-ring (bicyclic) bond motifs is 1. The molecule has 0 amide bonds. The third-order valence-corrected chi connectivity index (χ3v) is 7.66. The van der Waals surface area contributed by atoms with Crippen LogP contribution in [0.2, 0.25) is 0 Å². The number of sulfonamides is 1. The normalized spacial score (nSPS) is 15.9. The van der Waals surface area contributed by atoms with Crippen LogP contribution in [0.4, 0.5) is 20.4 Å². The van der Waals surface area contributed by atoms with E-state index in [4.69, 9.17) is 0 Å². The van der Waals surface area contributed by atoms with E-state index in [1.54, 1.807) is 30.3 Å². The van der Waals surface area contributed by atoms with Gasteiger partial charge in [-0.05, 0) is 43.1 Å². The van der Waals surface area contributed by atoms with Gasteiger partial charge < -0.3 is 10.6 Å². The third-order valence-electron chi connectivity index (χ3n) is 6.42. The number of hydrogen-bond acceptors (Lipinski definition) is 7. The Bertz CT molecular complexity index is 1660. The molecule has 0 bridgehead atoms. The summed E-state index contributed by atoms with van der Waals surface area (Å²) in [5.41, 5.74) is -0.699. The lowest BCUT2D eigenvalue weighted by molar-refractivity contribution is 0.478. The van der Waals surface area contributed by atoms with Crippen LogP contribution < -0.4 is 20.9 Å². The summed E-state index contributed by atoms with van der Waals surface area (Å²) in [6.45, 7) is 1.74. The zero-order valence-electron chi connectivity index (χ0n) is 20.5. The van der Waals surface area contributed by atoms with E-state index in [0.717, 1.165) is 32.0 Å². The predicted molar refractivity (Wildman–Crippen MR) is 142 cm³/mol. The average molecular weight is 541 g/mol. The first-order valence-electron chi connectivity index (χ1n) is 12.1. The summed E-state index contributed by atoms with van der Waals surface area (Å²) in [7, 11) is -2.52. The Kier molecular flexibility index (Phi) is 7.09. The highest BCUT2D eigenvalue weighted by atomic mass is 32.2. The highest BCUT2D eigenvalue weighted by molar-refractivity contribution is 7.91. The van der Waals surface area contributed by atoms with Gasteiger partial charge in [-0.2, -0.15) is 4.98 Å². The molecule has 4 aromatic rings. The largest absolute Gasteiger partial charge is 0.350 e. The number of nitrogens with one attached hydrogen (secondary N) is 3. The molecule has 12 heteroatoms. The molecule has 0 radical (unpaired) electrons. The number of anilines is 2. The van der Waals surface area contributed by atoms with Gasteiger partial charge in [0.05, 0.1) is 17.0 Å². The zero-order valence-corrected chi connectivity index (χ0v) is 21.4. The van der Waals surface area contributed by atoms with Crippen LogP contribution in [0, 0.1) is 11.6 Å². The summed E-state index contributed by atoms with van der Waals surface area (Å²) in [6.07, 6.45) is 3.52. The molecule has 2 aromatic heterocycles. The summed E-state index contributed by atoms with van der Waals surface area (Å²) in [5.74, 6) is -2.78. The Morgan fingerprint density at radius 1 is 1.11 bits per heavy atom. The molecule has 1 aliphatic rings. The fourth-order valence-corrected chi connectivity index (χ4v) is 5.70. The fraction of sp³-hybridized carbons (Fsp3) is 0.269. The molecule has 1 fully saturated rings. The van der Waals surface area contributed by atoms with E-state index in [9.17, 15) is 17.6 Å². The Morgan fingerprint density at radius 3 is 2.63 bits per heavy atom. The number of piperidine rings is 1. The van der Waals surface area contributed by atoms with Gasteiger partial charge in [0, 0.05) is 36.8 Å². The van der Waals surface area contributed by atoms with Crippen LogP contribution in [-0.4, -0.2) is 42.1 Å². The number of halogens is 2. The molecule has 5 rings (SSSR count). The molecule has 0 unspecified atom stereocenters. The van der Waals surface area contributed by atoms with Crippen molar-refractivity contribution in [2.45, 2.75) is 24.6 Å². The number of rotatable bonds is 7. The molecule has 9 nitrogen and oxygen atoms in total. The molecule has 1 aliphatic heterocycles. The van der Waals surface area contributed by atoms with Crippen molar-refractivity contribution in [1.29, 1.82) is 0 Å². The smallest absolute Gasteiger partial charge is 0.259 e. The Hall–Kier alpha value is -3.90. The van der Waals surface area contributed by atoms with Crippen molar-refractivity contribution in [1.82, 2.24) is 19.9 Å². The number of aromatic nitrogens is 3. The van der Waals surface area contributed by atoms with Crippen LogP contribution in [0.3, 0.4) is 0 Å². The summed E-state index contributed by atoms with van der Waals surface area (Å²) in [5, 5.41) is 7.01. The van der Waals surface area contributed by atoms with Crippen molar-refractivity contribution >= 4 is 32.7 Å². The fourth-order valence-electron chi connectivity index (χ4n) is 4.50. The summed E-state index contributed by atoms with van der Waals surface area (Å²) < 4.78 is 58.5. The first kappa shape index (κ1) is 25.7. The Labute approximate surface area is 218 Å². The minimum Gasteiger partial charge on any atom is -0.350 e. The molecule has 0 spiro atoms. The first-order chi connectivity index (χ1) is 18.2. The van der Waals surface area contributed by atoms with Crippen molar-refractivity contribution < 1.29 is 17.2 Å². The zero-order chi connectivity index (χ0) is 26.9. The molecule has 3 heterocycles. The molecule has 38 heavy (non-hydrogen) atoms. The number of hydrogen-bond donors (Lipinski definition) is 3. The minimum atomic E-state index is -4.01. The molecule has 1 saturated heterocycles. The second kappa shape index (κ2) is 10.5. The second-order valence-corrected chi connectivity index (χ2v) is 10.9. The van der Waals surface area contributed by atoms with E-state index in [1.165, 1.54) is 29.9 Å². The van der Waals surface area contributed by atoms with Gasteiger partial charge in [-0.3, -0.25) is 14.1 Å². The van der Waals surface area contributed by atoms with Gasteiger partial charge in [-0.1, -0.05) is 30.3 Å². The second-order valence-electron chi connectivity index (χ2n) is 9.22. The van der Waals surface area contributed by atoms with Crippen molar-refractivity contribution in [2.75, 3.05) is 23.1 Å². The van der Waals surface area contributed by atoms with Crippen LogP contribution in [0.5, 0.6) is 0 Å². The Morgan fingerprint density at radius 2 is 1.89 bits per heavy atom.